The van der Waals surface area contributed by atoms with Crippen molar-refractivity contribution in [3.63, 3.8) is 0 Å². The van der Waals surface area contributed by atoms with Gasteiger partial charge in [0.05, 0.1) is 11.6 Å². The maximum absolute atomic E-state index is 12.1. The van der Waals surface area contributed by atoms with Gasteiger partial charge in [0, 0.05) is 12.1 Å². The standard InChI is InChI=1S/C18H22N6O2/c1-11(21-17(25)26-18(2,3)4)16-22-15(13-6-7-13)23-24(16)14-8-5-12(9-19)10-20-14/h5,8,10-11,13H,6-7H2,1-4H3,(H,21,25)/t11-/m0/s1. The highest BCUT2D eigenvalue weighted by Gasteiger charge is 2.31. The molecule has 136 valence electrons. The Kier molecular flexibility index (Phi) is 4.64. The first-order valence-electron chi connectivity index (χ1n) is 8.60. The first kappa shape index (κ1) is 17.9. The van der Waals surface area contributed by atoms with E-state index in [4.69, 9.17) is 10.00 Å². The van der Waals surface area contributed by atoms with Crippen LogP contribution in [0, 0.1) is 11.3 Å². The Balaban J connectivity index is 1.87. The lowest BCUT2D eigenvalue weighted by Crippen LogP contribution is -2.35. The molecule has 0 aromatic carbocycles. The summed E-state index contributed by atoms with van der Waals surface area (Å²) in [6.07, 6.45) is 3.11. The number of rotatable bonds is 4. The van der Waals surface area contributed by atoms with Crippen molar-refractivity contribution in [1.29, 1.82) is 5.26 Å². The van der Waals surface area contributed by atoms with Gasteiger partial charge in [-0.05, 0) is 52.7 Å². The van der Waals surface area contributed by atoms with E-state index in [-0.39, 0.29) is 0 Å². The van der Waals surface area contributed by atoms with Crippen LogP contribution in [0.5, 0.6) is 0 Å². The summed E-state index contributed by atoms with van der Waals surface area (Å²) >= 11 is 0. The molecule has 26 heavy (non-hydrogen) atoms. The molecule has 0 radical (unpaired) electrons. The molecule has 8 heteroatoms. The zero-order chi connectivity index (χ0) is 18.9. The molecular weight excluding hydrogens is 332 g/mol. The van der Waals surface area contributed by atoms with Gasteiger partial charge in [-0.3, -0.25) is 0 Å². The van der Waals surface area contributed by atoms with Crippen molar-refractivity contribution in [2.75, 3.05) is 0 Å². The molecule has 2 heterocycles. The van der Waals surface area contributed by atoms with Crippen molar-refractivity contribution >= 4 is 6.09 Å². The van der Waals surface area contributed by atoms with E-state index >= 15 is 0 Å². The Morgan fingerprint density at radius 3 is 2.69 bits per heavy atom. The minimum absolute atomic E-state index is 0.363. The Morgan fingerprint density at radius 1 is 1.42 bits per heavy atom. The number of carbonyl (C=O) groups excluding carboxylic acids is 1. The summed E-state index contributed by atoms with van der Waals surface area (Å²) in [6, 6.07) is 5.02. The van der Waals surface area contributed by atoms with E-state index < -0.39 is 17.7 Å². The fraction of sp³-hybridized carbons (Fsp3) is 0.500. The van der Waals surface area contributed by atoms with Crippen molar-refractivity contribution in [3.8, 4) is 11.9 Å². The molecule has 0 bridgehead atoms. The normalized spacial score (nSPS) is 15.2. The minimum Gasteiger partial charge on any atom is -0.444 e. The molecule has 1 aliphatic carbocycles. The van der Waals surface area contributed by atoms with Crippen LogP contribution in [-0.4, -0.2) is 31.4 Å². The van der Waals surface area contributed by atoms with Gasteiger partial charge in [-0.1, -0.05) is 0 Å². The number of nitrogens with zero attached hydrogens (tertiary/aromatic N) is 5. The van der Waals surface area contributed by atoms with Crippen LogP contribution < -0.4 is 5.32 Å². The molecule has 3 rings (SSSR count). The molecule has 0 aliphatic heterocycles. The van der Waals surface area contributed by atoms with E-state index in [2.05, 4.69) is 20.4 Å². The second kappa shape index (κ2) is 6.75. The number of hydrogen-bond donors (Lipinski definition) is 1. The summed E-state index contributed by atoms with van der Waals surface area (Å²) in [4.78, 5) is 21.0. The number of carbonyl (C=O) groups is 1. The Labute approximate surface area is 152 Å². The number of nitrogens with one attached hydrogen (secondary N) is 1. The molecule has 2 aromatic rings. The lowest BCUT2D eigenvalue weighted by molar-refractivity contribution is 0.0505. The number of aromatic nitrogens is 4. The van der Waals surface area contributed by atoms with Crippen molar-refractivity contribution < 1.29 is 9.53 Å². The molecule has 1 fully saturated rings. The maximum atomic E-state index is 12.1. The number of pyridine rings is 1. The van der Waals surface area contributed by atoms with E-state index in [1.54, 1.807) is 16.8 Å². The van der Waals surface area contributed by atoms with Crippen LogP contribution in [0.25, 0.3) is 5.82 Å². The van der Waals surface area contributed by atoms with Gasteiger partial charge in [-0.25, -0.2) is 14.8 Å². The van der Waals surface area contributed by atoms with Gasteiger partial charge in [0.1, 0.15) is 11.7 Å². The fourth-order valence-corrected chi connectivity index (χ4v) is 2.43. The van der Waals surface area contributed by atoms with Gasteiger partial charge in [0.2, 0.25) is 0 Å². The molecule has 0 spiro atoms. The molecular formula is C18H22N6O2. The van der Waals surface area contributed by atoms with Gasteiger partial charge < -0.3 is 10.1 Å². The molecule has 0 unspecified atom stereocenters. The van der Waals surface area contributed by atoms with Crippen molar-refractivity contribution in [1.82, 2.24) is 25.1 Å². The highest BCUT2D eigenvalue weighted by molar-refractivity contribution is 5.68. The lowest BCUT2D eigenvalue weighted by Gasteiger charge is -2.21. The van der Waals surface area contributed by atoms with Crippen LogP contribution >= 0.6 is 0 Å². The van der Waals surface area contributed by atoms with Gasteiger partial charge in [-0.15, -0.1) is 5.10 Å². The molecule has 1 amide bonds. The number of amides is 1. The topological polar surface area (TPSA) is 106 Å². The summed E-state index contributed by atoms with van der Waals surface area (Å²) in [7, 11) is 0. The van der Waals surface area contributed by atoms with E-state index in [0.29, 0.717) is 23.1 Å². The van der Waals surface area contributed by atoms with Gasteiger partial charge in [0.25, 0.3) is 0 Å². The van der Waals surface area contributed by atoms with Crippen LogP contribution in [0.15, 0.2) is 18.3 Å². The molecule has 8 nitrogen and oxygen atoms in total. The summed E-state index contributed by atoms with van der Waals surface area (Å²) in [6.45, 7) is 7.26. The quantitative estimate of drug-likeness (QED) is 0.905. The van der Waals surface area contributed by atoms with Crippen LogP contribution in [-0.2, 0) is 4.74 Å². The third-order valence-corrected chi connectivity index (χ3v) is 3.81. The highest BCUT2D eigenvalue weighted by atomic mass is 16.6. The molecule has 0 saturated heterocycles. The third kappa shape index (κ3) is 4.17. The Morgan fingerprint density at radius 2 is 2.15 bits per heavy atom. The number of hydrogen-bond acceptors (Lipinski definition) is 6. The number of nitriles is 1. The minimum atomic E-state index is -0.578. The highest BCUT2D eigenvalue weighted by Crippen LogP contribution is 2.38. The monoisotopic (exact) mass is 354 g/mol. The largest absolute Gasteiger partial charge is 0.444 e. The predicted molar refractivity (Wildman–Crippen MR) is 93.6 cm³/mol. The van der Waals surface area contributed by atoms with Gasteiger partial charge >= 0.3 is 6.09 Å². The summed E-state index contributed by atoms with van der Waals surface area (Å²) in [5.41, 5.74) is -0.108. The zero-order valence-electron chi connectivity index (χ0n) is 15.4. The van der Waals surface area contributed by atoms with Crippen LogP contribution in [0.1, 0.15) is 69.7 Å². The van der Waals surface area contributed by atoms with Crippen LogP contribution in [0.2, 0.25) is 0 Å². The van der Waals surface area contributed by atoms with Crippen LogP contribution in [0.3, 0.4) is 0 Å². The number of ether oxygens (including phenoxy) is 1. The molecule has 1 N–H and O–H groups in total. The van der Waals surface area contributed by atoms with E-state index in [1.165, 1.54) is 6.20 Å². The second-order valence-electron chi connectivity index (χ2n) is 7.40. The smallest absolute Gasteiger partial charge is 0.408 e. The zero-order valence-corrected chi connectivity index (χ0v) is 15.4. The third-order valence-electron chi connectivity index (χ3n) is 3.81. The lowest BCUT2D eigenvalue weighted by atomic mass is 10.2. The molecule has 2 aromatic heterocycles. The second-order valence-corrected chi connectivity index (χ2v) is 7.40. The van der Waals surface area contributed by atoms with Crippen molar-refractivity contribution in [3.05, 3.63) is 35.5 Å². The maximum Gasteiger partial charge on any atom is 0.408 e. The van der Waals surface area contributed by atoms with E-state index in [9.17, 15) is 4.79 Å². The predicted octanol–water partition coefficient (Wildman–Crippen LogP) is 3.00. The first-order valence-corrected chi connectivity index (χ1v) is 8.60. The van der Waals surface area contributed by atoms with E-state index in [1.807, 2.05) is 33.8 Å². The number of alkyl carbamates (subject to hydrolysis) is 1. The van der Waals surface area contributed by atoms with Gasteiger partial charge in [-0.2, -0.15) is 9.94 Å². The average molecular weight is 354 g/mol. The summed E-state index contributed by atoms with van der Waals surface area (Å²) in [5, 5.41) is 16.3. The molecule has 1 atom stereocenters. The van der Waals surface area contributed by atoms with Crippen molar-refractivity contribution in [2.24, 2.45) is 0 Å². The average Bonchev–Trinajstić information content (AvgIpc) is 3.31. The molecule has 1 saturated carbocycles. The van der Waals surface area contributed by atoms with Gasteiger partial charge in [0.15, 0.2) is 17.5 Å². The van der Waals surface area contributed by atoms with Crippen LogP contribution in [0.4, 0.5) is 4.79 Å². The summed E-state index contributed by atoms with van der Waals surface area (Å²) < 4.78 is 6.94. The SMILES string of the molecule is C[C@H](NC(=O)OC(C)(C)C)c1nc(C2CC2)nn1-c1ccc(C#N)cn1. The Hall–Kier alpha value is -2.95. The fourth-order valence-electron chi connectivity index (χ4n) is 2.43. The summed E-state index contributed by atoms with van der Waals surface area (Å²) in [5.74, 6) is 2.25. The van der Waals surface area contributed by atoms with Crippen molar-refractivity contribution in [2.45, 2.75) is 58.1 Å². The molecule has 1 aliphatic rings. The first-order chi connectivity index (χ1) is 12.3. The Bertz CT molecular complexity index is 840. The van der Waals surface area contributed by atoms with E-state index in [0.717, 1.165) is 18.7 Å².